The quantitative estimate of drug-likeness (QED) is 0.552. The molecule has 32 heavy (non-hydrogen) atoms. The van der Waals surface area contributed by atoms with Gasteiger partial charge in [-0.2, -0.15) is 5.10 Å². The summed E-state index contributed by atoms with van der Waals surface area (Å²) in [5.41, 5.74) is 2.09. The van der Waals surface area contributed by atoms with E-state index in [-0.39, 0.29) is 0 Å². The molecule has 2 fully saturated rings. The van der Waals surface area contributed by atoms with Crippen molar-refractivity contribution in [2.24, 2.45) is 12.5 Å². The maximum Gasteiger partial charge on any atom is 0.147 e. The molecule has 2 aliphatic heterocycles. The predicted molar refractivity (Wildman–Crippen MR) is 128 cm³/mol. The van der Waals surface area contributed by atoms with E-state index in [0.717, 1.165) is 59.7 Å². The van der Waals surface area contributed by atoms with Gasteiger partial charge in [0.1, 0.15) is 10.8 Å². The predicted octanol–water partition coefficient (Wildman–Crippen LogP) is 5.15. The summed E-state index contributed by atoms with van der Waals surface area (Å²) in [5, 5.41) is 8.97. The number of hydrogen-bond acceptors (Lipinski definition) is 7. The molecule has 0 amide bonds. The summed E-state index contributed by atoms with van der Waals surface area (Å²) in [6.45, 7) is 5.09. The van der Waals surface area contributed by atoms with E-state index < -0.39 is 0 Å². The second kappa shape index (κ2) is 8.92. The fourth-order valence-electron chi connectivity index (χ4n) is 4.57. The van der Waals surface area contributed by atoms with Gasteiger partial charge < -0.3 is 15.0 Å². The van der Waals surface area contributed by atoms with Crippen molar-refractivity contribution in [1.29, 1.82) is 0 Å². The van der Waals surface area contributed by atoms with Gasteiger partial charge in [0.15, 0.2) is 0 Å². The molecular weight excluding hydrogens is 444 g/mol. The number of halogens is 1. The molecule has 0 saturated carbocycles. The molecule has 0 bridgehead atoms. The Bertz CT molecular complexity index is 1080. The minimum absolute atomic E-state index is 0.366. The van der Waals surface area contributed by atoms with Crippen molar-refractivity contribution < 1.29 is 4.74 Å². The molecule has 2 aliphatic rings. The van der Waals surface area contributed by atoms with Crippen molar-refractivity contribution in [1.82, 2.24) is 19.7 Å². The van der Waals surface area contributed by atoms with Gasteiger partial charge in [0, 0.05) is 31.2 Å². The van der Waals surface area contributed by atoms with Crippen LogP contribution in [0.15, 0.2) is 52.9 Å². The molecule has 1 atom stereocenters. The number of benzene rings is 1. The zero-order chi connectivity index (χ0) is 22.1. The molecule has 1 N–H and O–H groups in total. The average molecular weight is 471 g/mol. The first-order chi connectivity index (χ1) is 15.5. The largest absolute Gasteiger partial charge is 0.378 e. The fourth-order valence-corrected chi connectivity index (χ4v) is 5.64. The maximum absolute atomic E-state index is 6.66. The minimum atomic E-state index is 0.366. The number of anilines is 3. The van der Waals surface area contributed by atoms with Crippen LogP contribution in [-0.2, 0) is 11.8 Å². The van der Waals surface area contributed by atoms with Crippen molar-refractivity contribution >= 4 is 40.6 Å². The van der Waals surface area contributed by atoms with E-state index in [1.54, 1.807) is 10.9 Å². The summed E-state index contributed by atoms with van der Waals surface area (Å²) >= 11 is 8.17. The van der Waals surface area contributed by atoms with Gasteiger partial charge in [-0.1, -0.05) is 29.4 Å². The zero-order valence-corrected chi connectivity index (χ0v) is 19.9. The molecule has 1 aromatic carbocycles. The second-order valence-electron chi connectivity index (χ2n) is 8.77. The summed E-state index contributed by atoms with van der Waals surface area (Å²) in [6.07, 6.45) is 11.3. The van der Waals surface area contributed by atoms with E-state index in [1.807, 2.05) is 43.8 Å². The third-order valence-electron chi connectivity index (χ3n) is 6.32. The molecule has 168 valence electrons. The van der Waals surface area contributed by atoms with Crippen LogP contribution < -0.4 is 10.2 Å². The lowest BCUT2D eigenvalue weighted by molar-refractivity contribution is 0.0976. The van der Waals surface area contributed by atoms with E-state index in [9.17, 15) is 0 Å². The van der Waals surface area contributed by atoms with Gasteiger partial charge >= 0.3 is 0 Å². The average Bonchev–Trinajstić information content (AvgIpc) is 3.37. The van der Waals surface area contributed by atoms with Crippen LogP contribution in [0.1, 0.15) is 26.2 Å². The van der Waals surface area contributed by atoms with Crippen molar-refractivity contribution in [2.75, 3.05) is 29.9 Å². The molecule has 1 spiro atoms. The summed E-state index contributed by atoms with van der Waals surface area (Å²) in [5.74, 6) is 0.939. The van der Waals surface area contributed by atoms with E-state index >= 15 is 0 Å². The second-order valence-corrected chi connectivity index (χ2v) is 10.2. The number of piperidine rings is 1. The Labute approximate surface area is 197 Å². The smallest absolute Gasteiger partial charge is 0.147 e. The van der Waals surface area contributed by atoms with Gasteiger partial charge in [0.2, 0.25) is 0 Å². The van der Waals surface area contributed by atoms with Crippen LogP contribution in [0.4, 0.5) is 17.2 Å². The Morgan fingerprint density at radius 1 is 1.19 bits per heavy atom. The standard InChI is InChI=1S/C23H27ClN6OS/c1-16-10-23(15-31-16)6-8-30(9-7-23)20-12-26-21(13-25-20)32-19-5-3-4-18(22(19)24)28-17-11-27-29(2)14-17/h3-5,11-14,16,28H,6-10,15H2,1-2H3/t16-/m0/s1. The molecule has 0 radical (unpaired) electrons. The Kier molecular flexibility index (Phi) is 6.01. The van der Waals surface area contributed by atoms with Gasteiger partial charge in [0.05, 0.1) is 47.7 Å². The highest BCUT2D eigenvalue weighted by Gasteiger charge is 2.41. The van der Waals surface area contributed by atoms with E-state index in [4.69, 9.17) is 21.3 Å². The summed E-state index contributed by atoms with van der Waals surface area (Å²) in [6, 6.07) is 5.92. The van der Waals surface area contributed by atoms with E-state index in [2.05, 4.69) is 27.2 Å². The molecule has 3 aromatic rings. The van der Waals surface area contributed by atoms with Gasteiger partial charge in [0.25, 0.3) is 0 Å². The van der Waals surface area contributed by atoms with Crippen LogP contribution in [0.5, 0.6) is 0 Å². The minimum Gasteiger partial charge on any atom is -0.378 e. The third kappa shape index (κ3) is 4.58. The van der Waals surface area contributed by atoms with Crippen LogP contribution in [0.3, 0.4) is 0 Å². The molecule has 0 unspecified atom stereocenters. The Morgan fingerprint density at radius 3 is 2.69 bits per heavy atom. The van der Waals surface area contributed by atoms with Gasteiger partial charge in [-0.3, -0.25) is 4.68 Å². The Balaban J connectivity index is 1.23. The first-order valence-corrected chi connectivity index (χ1v) is 12.1. The van der Waals surface area contributed by atoms with Crippen LogP contribution in [-0.4, -0.2) is 45.5 Å². The molecule has 2 aromatic heterocycles. The number of hydrogen-bond donors (Lipinski definition) is 1. The lowest BCUT2D eigenvalue weighted by atomic mass is 9.77. The topological polar surface area (TPSA) is 68.1 Å². The Morgan fingerprint density at radius 2 is 2.03 bits per heavy atom. The molecule has 4 heterocycles. The maximum atomic E-state index is 6.66. The number of nitrogens with zero attached hydrogens (tertiary/aromatic N) is 5. The molecule has 7 nitrogen and oxygen atoms in total. The van der Waals surface area contributed by atoms with Gasteiger partial charge in [-0.25, -0.2) is 9.97 Å². The monoisotopic (exact) mass is 470 g/mol. The number of ether oxygens (including phenoxy) is 1. The van der Waals surface area contributed by atoms with Crippen LogP contribution >= 0.6 is 23.4 Å². The van der Waals surface area contributed by atoms with Crippen molar-refractivity contribution in [3.05, 3.63) is 48.0 Å². The molecular formula is C23H27ClN6OS. The normalized spacial score (nSPS) is 20.1. The number of nitrogens with one attached hydrogen (secondary N) is 1. The van der Waals surface area contributed by atoms with Gasteiger partial charge in [-0.15, -0.1) is 0 Å². The molecule has 0 aliphatic carbocycles. The number of aryl methyl sites for hydroxylation is 1. The lowest BCUT2D eigenvalue weighted by Crippen LogP contribution is -2.41. The summed E-state index contributed by atoms with van der Waals surface area (Å²) in [7, 11) is 1.88. The highest BCUT2D eigenvalue weighted by Crippen LogP contribution is 2.42. The first kappa shape index (κ1) is 21.6. The fraction of sp³-hybridized carbons (Fsp3) is 0.435. The zero-order valence-electron chi connectivity index (χ0n) is 18.3. The van der Waals surface area contributed by atoms with Crippen molar-refractivity contribution in [3.8, 4) is 0 Å². The van der Waals surface area contributed by atoms with Crippen LogP contribution in [0, 0.1) is 5.41 Å². The lowest BCUT2D eigenvalue weighted by Gasteiger charge is -2.38. The van der Waals surface area contributed by atoms with Crippen molar-refractivity contribution in [3.63, 3.8) is 0 Å². The Hall–Kier alpha value is -2.29. The number of rotatable bonds is 5. The number of aromatic nitrogens is 4. The molecule has 5 rings (SSSR count). The SMILES string of the molecule is C[C@H]1CC2(CCN(c3cnc(Sc4cccc(Nc5cnn(C)c5)c4Cl)cn3)CC2)CO1. The summed E-state index contributed by atoms with van der Waals surface area (Å²) < 4.78 is 7.59. The van der Waals surface area contributed by atoms with E-state index in [1.165, 1.54) is 18.2 Å². The molecule has 2 saturated heterocycles. The third-order valence-corrected chi connectivity index (χ3v) is 7.82. The van der Waals surface area contributed by atoms with Crippen LogP contribution in [0.2, 0.25) is 5.02 Å². The molecule has 9 heteroatoms. The van der Waals surface area contributed by atoms with E-state index in [0.29, 0.717) is 16.5 Å². The summed E-state index contributed by atoms with van der Waals surface area (Å²) in [4.78, 5) is 12.6. The first-order valence-electron chi connectivity index (χ1n) is 10.9. The van der Waals surface area contributed by atoms with Crippen molar-refractivity contribution in [2.45, 2.75) is 42.2 Å². The highest BCUT2D eigenvalue weighted by molar-refractivity contribution is 7.99. The highest BCUT2D eigenvalue weighted by atomic mass is 35.5. The van der Waals surface area contributed by atoms with Crippen LogP contribution in [0.25, 0.3) is 0 Å². The van der Waals surface area contributed by atoms with Gasteiger partial charge in [-0.05, 0) is 43.7 Å².